The highest BCUT2D eigenvalue weighted by atomic mass is 16.1. The topological polar surface area (TPSA) is 29.1 Å². The van der Waals surface area contributed by atoms with Gasteiger partial charge in [-0.3, -0.25) is 4.79 Å². The molecule has 0 aromatic heterocycles. The van der Waals surface area contributed by atoms with Crippen molar-refractivity contribution >= 4 is 5.78 Å². The van der Waals surface area contributed by atoms with Gasteiger partial charge in [0.15, 0.2) is 5.78 Å². The van der Waals surface area contributed by atoms with E-state index in [9.17, 15) is 4.79 Å². The molecule has 2 unspecified atom stereocenters. The third kappa shape index (κ3) is 3.91. The molecule has 144 valence electrons. The normalized spacial score (nSPS) is 26.0. The van der Waals surface area contributed by atoms with E-state index in [0.717, 1.165) is 18.4 Å². The first-order chi connectivity index (χ1) is 12.3. The first-order valence-electron chi connectivity index (χ1n) is 10.8. The minimum atomic E-state index is 0.200. The van der Waals surface area contributed by atoms with E-state index < -0.39 is 0 Å². The third-order valence-electron chi connectivity index (χ3n) is 6.46. The number of carbonyl (C=O) groups is 1. The molecule has 0 amide bonds. The van der Waals surface area contributed by atoms with Gasteiger partial charge in [0.1, 0.15) is 0 Å². The number of Topliss-reactive ketones (excluding diaryl/α,β-unsaturated/α-hetero) is 1. The van der Waals surface area contributed by atoms with Crippen LogP contribution in [0.15, 0.2) is 12.1 Å². The van der Waals surface area contributed by atoms with Crippen LogP contribution in [0.2, 0.25) is 0 Å². The minimum absolute atomic E-state index is 0.200. The van der Waals surface area contributed by atoms with Crippen LogP contribution in [0.5, 0.6) is 0 Å². The van der Waals surface area contributed by atoms with Crippen LogP contribution in [0.4, 0.5) is 0 Å². The third-order valence-corrected chi connectivity index (χ3v) is 6.46. The highest BCUT2D eigenvalue weighted by Gasteiger charge is 2.36. The molecule has 2 nitrogen and oxygen atoms in total. The summed E-state index contributed by atoms with van der Waals surface area (Å²) in [5.41, 5.74) is 4.97. The Morgan fingerprint density at radius 2 is 1.38 bits per heavy atom. The molecule has 2 aliphatic heterocycles. The van der Waals surface area contributed by atoms with E-state index in [1.165, 1.54) is 36.0 Å². The minimum Gasteiger partial charge on any atom is -0.311 e. The molecule has 2 saturated heterocycles. The number of hydrogen-bond donors (Lipinski definition) is 1. The number of rotatable bonds is 5. The van der Waals surface area contributed by atoms with Crippen molar-refractivity contribution < 1.29 is 4.79 Å². The zero-order valence-corrected chi connectivity index (χ0v) is 17.6. The summed E-state index contributed by atoms with van der Waals surface area (Å²) in [7, 11) is 0. The van der Waals surface area contributed by atoms with Crippen molar-refractivity contribution in [3.8, 4) is 0 Å². The average Bonchev–Trinajstić information content (AvgIpc) is 2.59. The van der Waals surface area contributed by atoms with Crippen molar-refractivity contribution in [3.63, 3.8) is 0 Å². The summed E-state index contributed by atoms with van der Waals surface area (Å²) in [5, 5.41) is 3.74. The molecule has 1 aromatic rings. The quantitative estimate of drug-likeness (QED) is 0.641. The van der Waals surface area contributed by atoms with Gasteiger partial charge in [-0.2, -0.15) is 0 Å². The van der Waals surface area contributed by atoms with E-state index in [2.05, 4.69) is 59.0 Å². The van der Waals surface area contributed by atoms with Gasteiger partial charge in [0, 0.05) is 23.6 Å². The van der Waals surface area contributed by atoms with Gasteiger partial charge in [-0.1, -0.05) is 60.1 Å². The molecule has 0 saturated carbocycles. The number of piperidine rings is 2. The lowest BCUT2D eigenvalue weighted by Gasteiger charge is -2.40. The first-order valence-corrected chi connectivity index (χ1v) is 10.8. The van der Waals surface area contributed by atoms with Crippen LogP contribution in [-0.4, -0.2) is 17.9 Å². The second-order valence-electron chi connectivity index (χ2n) is 9.56. The van der Waals surface area contributed by atoms with E-state index in [-0.39, 0.29) is 5.92 Å². The van der Waals surface area contributed by atoms with Gasteiger partial charge >= 0.3 is 0 Å². The number of nitrogens with one attached hydrogen (secondary N) is 1. The van der Waals surface area contributed by atoms with Gasteiger partial charge in [0.05, 0.1) is 0 Å². The maximum Gasteiger partial charge on any atom is 0.166 e. The molecule has 3 rings (SSSR count). The standard InChI is InChI=1S/C24H37NO/c1-14(2)17-12-21(15(3)4)23(22(13-17)16(5)6)24(26)18-10-19-8-7-9-20(11-18)25-19/h12-16,18-20,25H,7-11H2,1-6H3. The molecule has 0 aliphatic carbocycles. The predicted octanol–water partition coefficient (Wildman–Crippen LogP) is 6.16. The molecule has 1 N–H and O–H groups in total. The maximum absolute atomic E-state index is 13.7. The summed E-state index contributed by atoms with van der Waals surface area (Å²) >= 11 is 0. The molecule has 0 radical (unpaired) electrons. The highest BCUT2D eigenvalue weighted by Crippen LogP contribution is 2.37. The van der Waals surface area contributed by atoms with Crippen LogP contribution in [0.3, 0.4) is 0 Å². The molecule has 2 aliphatic rings. The molecule has 2 bridgehead atoms. The number of carbonyl (C=O) groups excluding carboxylic acids is 1. The van der Waals surface area contributed by atoms with E-state index in [1.807, 2.05) is 0 Å². The van der Waals surface area contributed by atoms with Crippen molar-refractivity contribution in [1.29, 1.82) is 0 Å². The molecule has 1 aromatic carbocycles. The zero-order chi connectivity index (χ0) is 19.0. The number of benzene rings is 1. The summed E-state index contributed by atoms with van der Waals surface area (Å²) in [4.78, 5) is 13.7. The van der Waals surface area contributed by atoms with Gasteiger partial charge in [0.2, 0.25) is 0 Å². The molecule has 2 atom stereocenters. The highest BCUT2D eigenvalue weighted by molar-refractivity contribution is 6.01. The lowest BCUT2D eigenvalue weighted by Crippen LogP contribution is -2.50. The summed E-state index contributed by atoms with van der Waals surface area (Å²) in [6.07, 6.45) is 5.84. The Balaban J connectivity index is 2.03. The van der Waals surface area contributed by atoms with Crippen molar-refractivity contribution in [2.24, 2.45) is 5.92 Å². The van der Waals surface area contributed by atoms with Gasteiger partial charge in [-0.15, -0.1) is 0 Å². The fourth-order valence-electron chi connectivity index (χ4n) is 4.92. The number of hydrogen-bond acceptors (Lipinski definition) is 2. The smallest absolute Gasteiger partial charge is 0.166 e. The average molecular weight is 356 g/mol. The zero-order valence-electron chi connectivity index (χ0n) is 17.6. The van der Waals surface area contributed by atoms with Crippen molar-refractivity contribution in [2.45, 2.75) is 103 Å². The Morgan fingerprint density at radius 1 is 0.885 bits per heavy atom. The van der Waals surface area contributed by atoms with Crippen LogP contribution in [0.25, 0.3) is 0 Å². The Bertz CT molecular complexity index is 617. The maximum atomic E-state index is 13.7. The molecule has 2 heterocycles. The van der Waals surface area contributed by atoms with Crippen LogP contribution in [0, 0.1) is 5.92 Å². The molecule has 2 heteroatoms. The van der Waals surface area contributed by atoms with E-state index in [1.54, 1.807) is 0 Å². The first kappa shape index (κ1) is 19.6. The van der Waals surface area contributed by atoms with Crippen molar-refractivity contribution in [1.82, 2.24) is 5.32 Å². The van der Waals surface area contributed by atoms with E-state index in [0.29, 0.717) is 35.6 Å². The Kier molecular flexibility index (Phi) is 5.91. The SMILES string of the molecule is CC(C)c1cc(C(C)C)c(C(=O)C2CC3CCCC(C2)N3)c(C(C)C)c1. The van der Waals surface area contributed by atoms with E-state index in [4.69, 9.17) is 0 Å². The van der Waals surface area contributed by atoms with Crippen LogP contribution in [-0.2, 0) is 0 Å². The van der Waals surface area contributed by atoms with Gasteiger partial charge < -0.3 is 5.32 Å². The number of fused-ring (bicyclic) bond motifs is 2. The van der Waals surface area contributed by atoms with Gasteiger partial charge in [-0.05, 0) is 60.1 Å². The second kappa shape index (κ2) is 7.84. The fraction of sp³-hybridized carbons (Fsp3) is 0.708. The lowest BCUT2D eigenvalue weighted by atomic mass is 9.74. The van der Waals surface area contributed by atoms with Crippen LogP contribution < -0.4 is 5.32 Å². The second-order valence-corrected chi connectivity index (χ2v) is 9.56. The Morgan fingerprint density at radius 3 is 1.81 bits per heavy atom. The van der Waals surface area contributed by atoms with Crippen molar-refractivity contribution in [3.05, 3.63) is 34.4 Å². The summed E-state index contributed by atoms with van der Waals surface area (Å²) < 4.78 is 0. The van der Waals surface area contributed by atoms with E-state index >= 15 is 0 Å². The molecule has 2 fully saturated rings. The molecule has 26 heavy (non-hydrogen) atoms. The summed E-state index contributed by atoms with van der Waals surface area (Å²) in [5.74, 6) is 1.88. The van der Waals surface area contributed by atoms with Gasteiger partial charge in [0.25, 0.3) is 0 Å². The predicted molar refractivity (Wildman–Crippen MR) is 110 cm³/mol. The Labute approximate surface area is 160 Å². The number of ketones is 1. The summed E-state index contributed by atoms with van der Waals surface area (Å²) in [6.45, 7) is 13.4. The molecule has 0 spiro atoms. The molecular weight excluding hydrogens is 318 g/mol. The van der Waals surface area contributed by atoms with Gasteiger partial charge in [-0.25, -0.2) is 0 Å². The summed E-state index contributed by atoms with van der Waals surface area (Å²) in [6, 6.07) is 5.74. The monoisotopic (exact) mass is 355 g/mol. The fourth-order valence-corrected chi connectivity index (χ4v) is 4.92. The lowest BCUT2D eigenvalue weighted by molar-refractivity contribution is 0.0822. The van der Waals surface area contributed by atoms with Crippen molar-refractivity contribution in [2.75, 3.05) is 0 Å². The largest absolute Gasteiger partial charge is 0.311 e. The van der Waals surface area contributed by atoms with Crippen LogP contribution >= 0.6 is 0 Å². The molecular formula is C24H37NO. The Hall–Kier alpha value is -1.15. The van der Waals surface area contributed by atoms with Crippen LogP contribution in [0.1, 0.15) is 118 Å².